The van der Waals surface area contributed by atoms with Gasteiger partial charge in [-0.1, -0.05) is 145 Å². The molecule has 1 N–H and O–H groups in total. The number of hydrogen-bond donors (Lipinski definition) is 1. The van der Waals surface area contributed by atoms with E-state index in [0.29, 0.717) is 40.8 Å². The molecule has 8 bridgehead atoms. The van der Waals surface area contributed by atoms with Crippen LogP contribution in [0.1, 0.15) is 144 Å². The van der Waals surface area contributed by atoms with Crippen LogP contribution in [0.2, 0.25) is 0 Å². The van der Waals surface area contributed by atoms with Crippen molar-refractivity contribution in [3.63, 3.8) is 0 Å². The first-order valence-electron chi connectivity index (χ1n) is 22.1. The van der Waals surface area contributed by atoms with Crippen LogP contribution in [-0.4, -0.2) is 59.9 Å². The van der Waals surface area contributed by atoms with Gasteiger partial charge in [0.15, 0.2) is 0 Å². The smallest absolute Gasteiger partial charge is 0.681 e. The molecule has 3 aromatic rings. The fourth-order valence-electron chi connectivity index (χ4n) is 9.62. The minimum Gasteiger partial charge on any atom is -0.681 e. The van der Waals surface area contributed by atoms with Gasteiger partial charge in [0.25, 0.3) is 0 Å². The van der Waals surface area contributed by atoms with Crippen LogP contribution in [0.3, 0.4) is 0 Å². The number of carbonyl (C=O) groups excluding carboxylic acids is 2. The summed E-state index contributed by atoms with van der Waals surface area (Å²) in [6.07, 6.45) is 17.7. The third kappa shape index (κ3) is 9.75. The van der Waals surface area contributed by atoms with Gasteiger partial charge in [0.05, 0.1) is 13.7 Å². The van der Waals surface area contributed by atoms with Crippen molar-refractivity contribution in [3.8, 4) is 0 Å². The molecule has 0 spiro atoms. The van der Waals surface area contributed by atoms with Gasteiger partial charge < -0.3 is 34.8 Å². The third-order valence-corrected chi connectivity index (χ3v) is 13.4. The summed E-state index contributed by atoms with van der Waals surface area (Å²) in [5.41, 5.74) is 8.54. The molecule has 10 heteroatoms. The molecule has 60 heavy (non-hydrogen) atoms. The van der Waals surface area contributed by atoms with Crippen LogP contribution in [0, 0.1) is 56.3 Å². The topological polar surface area (TPSA) is 129 Å². The van der Waals surface area contributed by atoms with Gasteiger partial charge in [-0.15, -0.1) is 33.1 Å². The summed E-state index contributed by atoms with van der Waals surface area (Å²) in [5.74, 6) is -0.243. The first kappa shape index (κ1) is 47.2. The summed E-state index contributed by atoms with van der Waals surface area (Å²) in [4.78, 5) is 42.3. The monoisotopic (exact) mass is 826 g/mol. The second kappa shape index (κ2) is 20.3. The Balaban J connectivity index is 0.00000683. The molecule has 0 aromatic carbocycles. The summed E-state index contributed by atoms with van der Waals surface area (Å²) in [7, 11) is 1.33. The molecule has 3 aliphatic rings. The summed E-state index contributed by atoms with van der Waals surface area (Å²) < 4.78 is 11.1. The Hall–Kier alpha value is -3.89. The summed E-state index contributed by atoms with van der Waals surface area (Å²) >= 11 is 0. The third-order valence-electron chi connectivity index (χ3n) is 13.4. The average molecular weight is 827 g/mol. The maximum Gasteiger partial charge on any atom is 2.00 e. The van der Waals surface area contributed by atoms with E-state index in [9.17, 15) is 14.7 Å². The molecule has 3 aromatic heterocycles. The van der Waals surface area contributed by atoms with E-state index in [1.807, 2.05) is 38.2 Å². The van der Waals surface area contributed by atoms with Crippen LogP contribution < -0.4 is 36.2 Å². The van der Waals surface area contributed by atoms with Gasteiger partial charge in [0.1, 0.15) is 11.7 Å². The van der Waals surface area contributed by atoms with Crippen LogP contribution in [0.5, 0.6) is 0 Å². The standard InChI is InChI=1S/C50H66N4O5.Mg/c1-12-34-30(7)37-24-39-32(9)36(20-21-43(55)59-23-22-29(6)19-15-18-28(5)17-14-16-27(3)4)47(53-39)45-46(50(57)58-11)49(56)44-33(10)40(54-48(44)45)26-42-35(13-2)31(8)38(52-42)25-41(34)51-37;/h12,24-29,32,36,46-47,56H,1,13-23H2,2-11H3;/q-4;+2/b38-25-,39-24-,42-26-;/t28-,29?,32+,36+,46-,47?;/m1./s1. The first-order chi connectivity index (χ1) is 28.2. The number of rotatable bonds is 17. The Morgan fingerprint density at radius 3 is 2.17 bits per heavy atom. The number of nitrogens with zero attached hydrogens (tertiary/aromatic N) is 4. The van der Waals surface area contributed by atoms with Gasteiger partial charge in [0, 0.05) is 11.6 Å². The number of allylic oxidation sites excluding steroid dienone is 1. The quantitative estimate of drug-likeness (QED) is 0.115. The number of fused-ring (bicyclic) bond motifs is 8. The van der Waals surface area contributed by atoms with E-state index in [-0.39, 0.29) is 53.0 Å². The predicted molar refractivity (Wildman–Crippen MR) is 243 cm³/mol. The molecule has 5 heterocycles. The van der Waals surface area contributed by atoms with Crippen molar-refractivity contribution in [2.24, 2.45) is 35.5 Å². The van der Waals surface area contributed by atoms with Gasteiger partial charge in [-0.25, -0.2) is 0 Å². The summed E-state index contributed by atoms with van der Waals surface area (Å²) in [6.45, 7) is 24.0. The van der Waals surface area contributed by atoms with Gasteiger partial charge >= 0.3 is 35.0 Å². The largest absolute Gasteiger partial charge is 2.00 e. The summed E-state index contributed by atoms with van der Waals surface area (Å²) in [5, 5.41) is 20.0. The maximum absolute atomic E-state index is 13.6. The molecule has 6 atom stereocenters. The minimum absolute atomic E-state index is 0. The zero-order chi connectivity index (χ0) is 42.7. The molecule has 0 saturated carbocycles. The van der Waals surface area contributed by atoms with Crippen LogP contribution in [0.4, 0.5) is 0 Å². The van der Waals surface area contributed by atoms with E-state index in [1.54, 1.807) is 0 Å². The number of ether oxygens (including phenoxy) is 2. The van der Waals surface area contributed by atoms with Crippen LogP contribution in [-0.2, 0) is 25.5 Å². The van der Waals surface area contributed by atoms with Gasteiger partial charge in [-0.2, -0.15) is 5.70 Å². The molecule has 0 radical (unpaired) electrons. The van der Waals surface area contributed by atoms with Crippen molar-refractivity contribution >= 4 is 70.6 Å². The number of aromatic nitrogens is 3. The van der Waals surface area contributed by atoms with Gasteiger partial charge in [-0.05, 0) is 75.2 Å². The Labute approximate surface area is 373 Å². The number of aliphatic hydroxyl groups is 1. The Morgan fingerprint density at radius 1 is 0.867 bits per heavy atom. The molecular formula is C50H66MgN4O5-2. The Bertz CT molecular complexity index is 2340. The van der Waals surface area contributed by atoms with Crippen molar-refractivity contribution in [1.29, 1.82) is 0 Å². The molecule has 2 unspecified atom stereocenters. The van der Waals surface area contributed by atoms with E-state index in [2.05, 4.69) is 55.0 Å². The molecule has 9 nitrogen and oxygen atoms in total. The van der Waals surface area contributed by atoms with Crippen LogP contribution >= 0.6 is 0 Å². The second-order valence-corrected chi connectivity index (χ2v) is 18.0. The molecule has 0 amide bonds. The zero-order valence-corrected chi connectivity index (χ0v) is 39.3. The second-order valence-electron chi connectivity index (χ2n) is 18.0. The molecular weight excluding hydrogens is 761 g/mol. The van der Waals surface area contributed by atoms with Gasteiger partial charge in [0.2, 0.25) is 0 Å². The summed E-state index contributed by atoms with van der Waals surface area (Å²) in [6, 6.07) is -0.559. The van der Waals surface area contributed by atoms with Crippen molar-refractivity contribution < 1.29 is 24.2 Å². The number of methoxy groups -OCH3 is 1. The fraction of sp³-hybridized carbons (Fsp3) is 0.560. The fourth-order valence-corrected chi connectivity index (χ4v) is 9.62. The Kier molecular flexibility index (Phi) is 16.0. The van der Waals surface area contributed by atoms with Gasteiger partial charge in [-0.3, -0.25) is 9.59 Å². The normalized spacial score (nSPS) is 22.1. The first-order valence-corrected chi connectivity index (χ1v) is 22.1. The van der Waals surface area contributed by atoms with Crippen molar-refractivity contribution in [3.05, 3.63) is 83.8 Å². The molecule has 6 rings (SSSR count). The van der Waals surface area contributed by atoms with E-state index in [4.69, 9.17) is 29.7 Å². The molecule has 1 aliphatic carbocycles. The van der Waals surface area contributed by atoms with Crippen LogP contribution in [0.15, 0.2) is 12.3 Å². The number of carbonyl (C=O) groups is 2. The van der Waals surface area contributed by atoms with Crippen molar-refractivity contribution in [2.75, 3.05) is 13.7 Å². The Morgan fingerprint density at radius 2 is 1.52 bits per heavy atom. The molecule has 1 saturated heterocycles. The maximum atomic E-state index is 13.6. The average Bonchev–Trinajstić information content (AvgIpc) is 3.94. The minimum atomic E-state index is -1.06. The zero-order valence-electron chi connectivity index (χ0n) is 37.9. The number of esters is 2. The van der Waals surface area contributed by atoms with E-state index in [0.717, 1.165) is 86.7 Å². The molecule has 2 aliphatic heterocycles. The predicted octanol–water partition coefficient (Wildman–Crippen LogP) is 6.93. The van der Waals surface area contributed by atoms with E-state index < -0.39 is 17.9 Å². The van der Waals surface area contributed by atoms with E-state index in [1.165, 1.54) is 39.2 Å². The van der Waals surface area contributed by atoms with Crippen molar-refractivity contribution in [1.82, 2.24) is 15.0 Å². The van der Waals surface area contributed by atoms with E-state index >= 15 is 0 Å². The molecule has 1 fully saturated rings. The SMILES string of the molecule is C=Cc1c2[n-]c(c1C)/C=C1\[N-]C(C3=c4[n-]c(c(C)c4=C(O)[C@@H]3C(=O)OC)/C=c3\[n-]/c(c(C)c3CC)=C\2)[C@@H](CCC(=O)OCCC(C)CCC[C@H](C)CCCC(C)C)[C@@H]1C.[Mg+2]. The number of hydrogen-bond acceptors (Lipinski definition) is 5. The van der Waals surface area contributed by atoms with Crippen LogP contribution in [0.25, 0.3) is 41.0 Å². The van der Waals surface area contributed by atoms with Crippen molar-refractivity contribution in [2.45, 2.75) is 133 Å². The number of aliphatic hydroxyl groups excluding tert-OH is 1. The molecule has 320 valence electrons.